The minimum Gasteiger partial charge on any atom is -0.437 e. The van der Waals surface area contributed by atoms with Gasteiger partial charge in [0.25, 0.3) is 0 Å². The third-order valence-corrected chi connectivity index (χ3v) is 4.48. The lowest BCUT2D eigenvalue weighted by Gasteiger charge is -2.32. The summed E-state index contributed by atoms with van der Waals surface area (Å²) in [5, 5.41) is 8.56. The zero-order valence-electron chi connectivity index (χ0n) is 14.4. The van der Waals surface area contributed by atoms with Gasteiger partial charge in [0.1, 0.15) is 6.04 Å². The maximum atomic E-state index is 12.9. The van der Waals surface area contributed by atoms with Crippen LogP contribution in [0.5, 0.6) is 0 Å². The molecule has 1 aromatic carbocycles. The van der Waals surface area contributed by atoms with Crippen LogP contribution in [0, 0.1) is 13.8 Å². The largest absolute Gasteiger partial charge is 0.437 e. The number of fused-ring (bicyclic) bond motifs is 1. The number of nitrogens with zero attached hydrogens (tertiary/aromatic N) is 5. The zero-order chi connectivity index (χ0) is 17.6. The van der Waals surface area contributed by atoms with E-state index in [0.29, 0.717) is 30.6 Å². The number of aryl methyl sites for hydroxylation is 2. The second-order valence-electron chi connectivity index (χ2n) is 6.31. The van der Waals surface area contributed by atoms with Crippen molar-refractivity contribution in [2.45, 2.75) is 39.9 Å². The highest BCUT2D eigenvalue weighted by Crippen LogP contribution is 2.30. The second-order valence-corrected chi connectivity index (χ2v) is 6.31. The standard InChI is InChI=1S/C18H19N5O2/c1-11-16(25-13(3)19-11)17-21-20-15-10-22(18(24)12(2)23(15)17)9-14-7-5-4-6-8-14/h4-8,12H,9-10H2,1-3H3/t12-/m1/s1. The van der Waals surface area contributed by atoms with Crippen molar-refractivity contribution in [3.63, 3.8) is 0 Å². The molecule has 128 valence electrons. The summed E-state index contributed by atoms with van der Waals surface area (Å²) in [7, 11) is 0. The fourth-order valence-electron chi connectivity index (χ4n) is 3.29. The van der Waals surface area contributed by atoms with Crippen LogP contribution >= 0.6 is 0 Å². The molecule has 0 aliphatic carbocycles. The van der Waals surface area contributed by atoms with Crippen molar-refractivity contribution in [2.24, 2.45) is 0 Å². The Kier molecular flexibility index (Phi) is 3.63. The molecule has 0 fully saturated rings. The Morgan fingerprint density at radius 3 is 2.64 bits per heavy atom. The molecular weight excluding hydrogens is 318 g/mol. The fraction of sp³-hybridized carbons (Fsp3) is 0.333. The van der Waals surface area contributed by atoms with Gasteiger partial charge in [-0.1, -0.05) is 30.3 Å². The minimum absolute atomic E-state index is 0.0475. The summed E-state index contributed by atoms with van der Waals surface area (Å²) in [6.07, 6.45) is 0. The maximum Gasteiger partial charge on any atom is 0.246 e. The van der Waals surface area contributed by atoms with E-state index in [1.807, 2.05) is 53.6 Å². The molecular formula is C18H19N5O2. The number of amides is 1. The van der Waals surface area contributed by atoms with E-state index in [0.717, 1.165) is 17.1 Å². The Morgan fingerprint density at radius 1 is 1.20 bits per heavy atom. The summed E-state index contributed by atoms with van der Waals surface area (Å²) >= 11 is 0. The molecule has 3 aromatic rings. The number of carbonyl (C=O) groups is 1. The van der Waals surface area contributed by atoms with Crippen molar-refractivity contribution in [3.8, 4) is 11.6 Å². The van der Waals surface area contributed by atoms with E-state index < -0.39 is 0 Å². The van der Waals surface area contributed by atoms with E-state index in [2.05, 4.69) is 15.2 Å². The van der Waals surface area contributed by atoms with Gasteiger partial charge in [0.2, 0.25) is 11.7 Å². The average molecular weight is 337 g/mol. The van der Waals surface area contributed by atoms with Crippen LogP contribution in [0.25, 0.3) is 11.6 Å². The maximum absolute atomic E-state index is 12.9. The van der Waals surface area contributed by atoms with Crippen LogP contribution in [0.2, 0.25) is 0 Å². The van der Waals surface area contributed by atoms with Crippen molar-refractivity contribution in [2.75, 3.05) is 0 Å². The van der Waals surface area contributed by atoms with E-state index in [4.69, 9.17) is 4.42 Å². The molecule has 1 amide bonds. The first-order valence-electron chi connectivity index (χ1n) is 8.25. The molecule has 0 spiro atoms. The van der Waals surface area contributed by atoms with Gasteiger partial charge in [0.15, 0.2) is 17.5 Å². The van der Waals surface area contributed by atoms with Gasteiger partial charge in [-0.05, 0) is 19.4 Å². The van der Waals surface area contributed by atoms with E-state index in [9.17, 15) is 4.79 Å². The molecule has 4 rings (SSSR count). The van der Waals surface area contributed by atoms with Crippen LogP contribution in [0.1, 0.15) is 35.9 Å². The van der Waals surface area contributed by atoms with Gasteiger partial charge in [-0.3, -0.25) is 9.36 Å². The molecule has 1 aliphatic heterocycles. The lowest BCUT2D eigenvalue weighted by atomic mass is 10.1. The Balaban J connectivity index is 1.69. The van der Waals surface area contributed by atoms with Crippen LogP contribution < -0.4 is 0 Å². The zero-order valence-corrected chi connectivity index (χ0v) is 14.4. The molecule has 0 N–H and O–H groups in total. The van der Waals surface area contributed by atoms with E-state index in [-0.39, 0.29) is 11.9 Å². The molecule has 3 heterocycles. The number of carbonyl (C=O) groups excluding carboxylic acids is 1. The van der Waals surface area contributed by atoms with Gasteiger partial charge < -0.3 is 9.32 Å². The van der Waals surface area contributed by atoms with Crippen molar-refractivity contribution in [3.05, 3.63) is 53.3 Å². The highest BCUT2D eigenvalue weighted by atomic mass is 16.4. The van der Waals surface area contributed by atoms with Crippen LogP contribution in [0.4, 0.5) is 0 Å². The molecule has 25 heavy (non-hydrogen) atoms. The summed E-state index contributed by atoms with van der Waals surface area (Å²) < 4.78 is 7.53. The molecule has 0 bridgehead atoms. The van der Waals surface area contributed by atoms with Crippen molar-refractivity contribution >= 4 is 5.91 Å². The molecule has 1 atom stereocenters. The molecule has 7 heteroatoms. The third-order valence-electron chi connectivity index (χ3n) is 4.48. The Labute approximate surface area is 145 Å². The van der Waals surface area contributed by atoms with Crippen molar-refractivity contribution in [1.29, 1.82) is 0 Å². The predicted octanol–water partition coefficient (Wildman–Crippen LogP) is 2.65. The van der Waals surface area contributed by atoms with Gasteiger partial charge >= 0.3 is 0 Å². The fourth-order valence-corrected chi connectivity index (χ4v) is 3.29. The van der Waals surface area contributed by atoms with Gasteiger partial charge in [0, 0.05) is 13.5 Å². The third kappa shape index (κ3) is 2.61. The SMILES string of the molecule is Cc1nc(C)c(-c2nnc3n2[C@H](C)C(=O)N(Cc2ccccc2)C3)o1. The average Bonchev–Trinajstić information content (AvgIpc) is 3.16. The molecule has 1 aliphatic rings. The van der Waals surface area contributed by atoms with Crippen LogP contribution in [0.15, 0.2) is 34.7 Å². The summed E-state index contributed by atoms with van der Waals surface area (Å²) in [5.41, 5.74) is 1.84. The second kappa shape index (κ2) is 5.84. The highest BCUT2D eigenvalue weighted by molar-refractivity contribution is 5.81. The highest BCUT2D eigenvalue weighted by Gasteiger charge is 2.34. The smallest absolute Gasteiger partial charge is 0.246 e. The lowest BCUT2D eigenvalue weighted by molar-refractivity contribution is -0.137. The summed E-state index contributed by atoms with van der Waals surface area (Å²) in [6.45, 7) is 6.52. The molecule has 0 saturated heterocycles. The number of benzene rings is 1. The minimum atomic E-state index is -0.387. The first-order valence-corrected chi connectivity index (χ1v) is 8.25. The Morgan fingerprint density at radius 2 is 1.96 bits per heavy atom. The number of oxazole rings is 1. The summed E-state index contributed by atoms with van der Waals surface area (Å²) in [5.74, 6) is 2.52. The Bertz CT molecular complexity index is 928. The van der Waals surface area contributed by atoms with Crippen molar-refractivity contribution in [1.82, 2.24) is 24.6 Å². The monoisotopic (exact) mass is 337 g/mol. The van der Waals surface area contributed by atoms with Gasteiger partial charge in [0.05, 0.1) is 12.2 Å². The van der Waals surface area contributed by atoms with Gasteiger partial charge in [-0.15, -0.1) is 10.2 Å². The van der Waals surface area contributed by atoms with Crippen LogP contribution in [-0.2, 0) is 17.9 Å². The Hall–Kier alpha value is -2.96. The summed E-state index contributed by atoms with van der Waals surface area (Å²) in [6, 6.07) is 9.56. The molecule has 0 radical (unpaired) electrons. The topological polar surface area (TPSA) is 77.1 Å². The van der Waals surface area contributed by atoms with E-state index >= 15 is 0 Å². The summed E-state index contributed by atoms with van der Waals surface area (Å²) in [4.78, 5) is 19.0. The number of hydrogen-bond acceptors (Lipinski definition) is 5. The van der Waals surface area contributed by atoms with E-state index in [1.165, 1.54) is 0 Å². The first-order chi connectivity index (χ1) is 12.0. The van der Waals surface area contributed by atoms with Crippen molar-refractivity contribution < 1.29 is 9.21 Å². The number of aromatic nitrogens is 4. The normalized spacial score (nSPS) is 17.0. The molecule has 2 aromatic heterocycles. The van der Waals surface area contributed by atoms with E-state index in [1.54, 1.807) is 6.92 Å². The van der Waals surface area contributed by atoms with Gasteiger partial charge in [-0.25, -0.2) is 4.98 Å². The number of rotatable bonds is 3. The quantitative estimate of drug-likeness (QED) is 0.734. The predicted molar refractivity (Wildman–Crippen MR) is 90.4 cm³/mol. The van der Waals surface area contributed by atoms with Gasteiger partial charge in [-0.2, -0.15) is 0 Å². The lowest BCUT2D eigenvalue weighted by Crippen LogP contribution is -2.41. The van der Waals surface area contributed by atoms with Crippen LogP contribution in [-0.4, -0.2) is 30.6 Å². The molecule has 0 unspecified atom stereocenters. The van der Waals surface area contributed by atoms with Crippen LogP contribution in [0.3, 0.4) is 0 Å². The molecule has 0 saturated carbocycles. The number of hydrogen-bond donors (Lipinski definition) is 0. The first kappa shape index (κ1) is 15.6. The molecule has 7 nitrogen and oxygen atoms in total.